The van der Waals surface area contributed by atoms with Crippen LogP contribution < -0.4 is 0 Å². The lowest BCUT2D eigenvalue weighted by molar-refractivity contribution is 0.597. The summed E-state index contributed by atoms with van der Waals surface area (Å²) in [6.07, 6.45) is 3.51. The lowest BCUT2D eigenvalue weighted by atomic mass is 10.2. The van der Waals surface area contributed by atoms with Gasteiger partial charge in [-0.3, -0.25) is 4.57 Å². The van der Waals surface area contributed by atoms with Crippen molar-refractivity contribution >= 4 is 44.4 Å². The molecule has 0 radical (unpaired) electrons. The van der Waals surface area contributed by atoms with Crippen molar-refractivity contribution in [2.24, 2.45) is 0 Å². The number of halogens is 2. The molecule has 0 atom stereocenters. The monoisotopic (exact) mass is 462 g/mol. The van der Waals surface area contributed by atoms with Crippen molar-refractivity contribution in [3.8, 4) is 26.8 Å². The summed E-state index contributed by atoms with van der Waals surface area (Å²) in [5.74, 6) is 0.788. The molecule has 2 aromatic carbocycles. The minimum Gasteiger partial charge on any atom is -0.296 e. The molecule has 0 aliphatic carbocycles. The highest BCUT2D eigenvalue weighted by atomic mass is 35.5. The second kappa shape index (κ2) is 7.95. The summed E-state index contributed by atoms with van der Waals surface area (Å²) in [5, 5.41) is 1.07. The lowest BCUT2D eigenvalue weighted by Gasteiger charge is -2.10. The van der Waals surface area contributed by atoms with Gasteiger partial charge in [-0.05, 0) is 42.0 Å². The maximum absolute atomic E-state index is 12.2. The highest BCUT2D eigenvalue weighted by molar-refractivity contribution is 7.91. The number of benzene rings is 2. The van der Waals surface area contributed by atoms with Gasteiger partial charge in [0.2, 0.25) is 0 Å². The fourth-order valence-electron chi connectivity index (χ4n) is 3.01. The third-order valence-corrected chi connectivity index (χ3v) is 7.98. The van der Waals surface area contributed by atoms with Crippen molar-refractivity contribution in [2.75, 3.05) is 5.75 Å². The quantitative estimate of drug-likeness (QED) is 0.346. The lowest BCUT2D eigenvalue weighted by Crippen LogP contribution is -2.03. The van der Waals surface area contributed by atoms with E-state index in [9.17, 15) is 8.42 Å². The Balaban J connectivity index is 1.76. The second-order valence-electron chi connectivity index (χ2n) is 6.29. The van der Waals surface area contributed by atoms with Gasteiger partial charge in [0, 0.05) is 17.3 Å². The molecule has 2 aromatic heterocycles. The molecular weight excluding hydrogens is 447 g/mol. The van der Waals surface area contributed by atoms with Crippen molar-refractivity contribution in [3.05, 3.63) is 77.0 Å². The zero-order chi connectivity index (χ0) is 20.6. The van der Waals surface area contributed by atoms with Gasteiger partial charge in [0.15, 0.2) is 15.7 Å². The minimum absolute atomic E-state index is 0.0716. The number of nitrogens with zero attached hydrogens (tertiary/aromatic N) is 2. The van der Waals surface area contributed by atoms with Gasteiger partial charge in [0.1, 0.15) is 0 Å². The molecule has 2 heterocycles. The van der Waals surface area contributed by atoms with Crippen molar-refractivity contribution in [3.63, 3.8) is 0 Å². The zero-order valence-corrected chi connectivity index (χ0v) is 18.5. The summed E-state index contributed by atoms with van der Waals surface area (Å²) in [6, 6.07) is 16.3. The first kappa shape index (κ1) is 20.2. The maximum Gasteiger partial charge on any atom is 0.178 e. The molecule has 0 unspecified atom stereocenters. The van der Waals surface area contributed by atoms with Gasteiger partial charge in [0.05, 0.1) is 31.3 Å². The standard InChI is InChI=1S/C21H16Cl2N2O2S2/c1-2-29(26,27)15-6-3-5-14(13-15)18-9-10-19(28-18)21-24-11-12-25(21)20-16(22)7-4-8-17(20)23/h3-13H,2H2,1H3. The van der Waals surface area contributed by atoms with E-state index in [4.69, 9.17) is 23.2 Å². The molecule has 4 rings (SSSR count). The highest BCUT2D eigenvalue weighted by Gasteiger charge is 2.17. The first-order chi connectivity index (χ1) is 13.9. The van der Waals surface area contributed by atoms with Crippen LogP contribution in [-0.2, 0) is 9.84 Å². The molecule has 0 fully saturated rings. The molecule has 0 amide bonds. The zero-order valence-electron chi connectivity index (χ0n) is 15.3. The highest BCUT2D eigenvalue weighted by Crippen LogP contribution is 2.37. The first-order valence-corrected chi connectivity index (χ1v) is 12.0. The second-order valence-corrected chi connectivity index (χ2v) is 10.5. The van der Waals surface area contributed by atoms with E-state index in [0.717, 1.165) is 15.3 Å². The Morgan fingerprint density at radius 2 is 1.69 bits per heavy atom. The van der Waals surface area contributed by atoms with Crippen LogP contribution in [0.3, 0.4) is 0 Å². The number of aromatic nitrogens is 2. The van der Waals surface area contributed by atoms with Crippen molar-refractivity contribution in [1.82, 2.24) is 9.55 Å². The van der Waals surface area contributed by atoms with Crippen LogP contribution in [0.2, 0.25) is 10.0 Å². The Labute approximate surface area is 183 Å². The summed E-state index contributed by atoms with van der Waals surface area (Å²) in [5.41, 5.74) is 1.53. The van der Waals surface area contributed by atoms with Gasteiger partial charge in [-0.2, -0.15) is 0 Å². The molecule has 0 saturated heterocycles. The Hall–Kier alpha value is -2.12. The first-order valence-electron chi connectivity index (χ1n) is 8.82. The Morgan fingerprint density at radius 1 is 1.00 bits per heavy atom. The van der Waals surface area contributed by atoms with E-state index in [2.05, 4.69) is 4.98 Å². The molecule has 0 saturated carbocycles. The van der Waals surface area contributed by atoms with Crippen LogP contribution in [0.15, 0.2) is 71.9 Å². The molecule has 0 N–H and O–H groups in total. The van der Waals surface area contributed by atoms with Crippen molar-refractivity contribution in [1.29, 1.82) is 0 Å². The van der Waals surface area contributed by atoms with Gasteiger partial charge in [0.25, 0.3) is 0 Å². The molecule has 29 heavy (non-hydrogen) atoms. The van der Waals surface area contributed by atoms with Crippen LogP contribution in [0, 0.1) is 0 Å². The maximum atomic E-state index is 12.2. The van der Waals surface area contributed by atoms with Crippen LogP contribution in [-0.4, -0.2) is 23.7 Å². The average Bonchev–Trinajstić information content (AvgIpc) is 3.37. The summed E-state index contributed by atoms with van der Waals surface area (Å²) >= 11 is 14.3. The Kier molecular flexibility index (Phi) is 5.53. The third-order valence-electron chi connectivity index (χ3n) is 4.50. The van der Waals surface area contributed by atoms with Gasteiger partial charge in [-0.1, -0.05) is 48.3 Å². The van der Waals surface area contributed by atoms with Crippen LogP contribution in [0.5, 0.6) is 0 Å². The summed E-state index contributed by atoms with van der Waals surface area (Å²) < 4.78 is 26.3. The van der Waals surface area contributed by atoms with E-state index >= 15 is 0 Å². The molecule has 8 heteroatoms. The van der Waals surface area contributed by atoms with E-state index in [-0.39, 0.29) is 5.75 Å². The van der Waals surface area contributed by atoms with Crippen LogP contribution in [0.25, 0.3) is 26.8 Å². The van der Waals surface area contributed by atoms with E-state index in [1.807, 2.05) is 29.0 Å². The largest absolute Gasteiger partial charge is 0.296 e. The molecule has 0 aliphatic heterocycles. The number of hydrogen-bond acceptors (Lipinski definition) is 4. The van der Waals surface area contributed by atoms with E-state index in [0.29, 0.717) is 26.5 Å². The number of imidazole rings is 1. The molecule has 4 nitrogen and oxygen atoms in total. The Bertz CT molecular complexity index is 1270. The van der Waals surface area contributed by atoms with E-state index in [1.54, 1.807) is 49.5 Å². The molecule has 0 aliphatic rings. The molecular formula is C21H16Cl2N2O2S2. The normalized spacial score (nSPS) is 11.7. The third kappa shape index (κ3) is 3.85. The molecule has 4 aromatic rings. The van der Waals surface area contributed by atoms with E-state index < -0.39 is 9.84 Å². The predicted molar refractivity (Wildman–Crippen MR) is 120 cm³/mol. The Morgan fingerprint density at radius 3 is 2.41 bits per heavy atom. The number of rotatable bonds is 5. The summed E-state index contributed by atoms with van der Waals surface area (Å²) in [6.45, 7) is 1.64. The van der Waals surface area contributed by atoms with Gasteiger partial charge < -0.3 is 0 Å². The van der Waals surface area contributed by atoms with Crippen molar-refractivity contribution < 1.29 is 8.42 Å². The van der Waals surface area contributed by atoms with Gasteiger partial charge in [-0.25, -0.2) is 13.4 Å². The van der Waals surface area contributed by atoms with Crippen LogP contribution >= 0.6 is 34.5 Å². The smallest absolute Gasteiger partial charge is 0.178 e. The molecule has 0 bridgehead atoms. The number of para-hydroxylation sites is 1. The minimum atomic E-state index is -3.26. The SMILES string of the molecule is CCS(=O)(=O)c1cccc(-c2ccc(-c3nccn3-c3c(Cl)cccc3Cl)s2)c1. The fourth-order valence-corrected chi connectivity index (χ4v) is 5.51. The van der Waals surface area contributed by atoms with Gasteiger partial charge >= 0.3 is 0 Å². The van der Waals surface area contributed by atoms with Crippen LogP contribution in [0.4, 0.5) is 0 Å². The summed E-state index contributed by atoms with van der Waals surface area (Å²) in [4.78, 5) is 6.69. The molecule has 0 spiro atoms. The van der Waals surface area contributed by atoms with E-state index in [1.165, 1.54) is 11.3 Å². The topological polar surface area (TPSA) is 52.0 Å². The van der Waals surface area contributed by atoms with Crippen molar-refractivity contribution in [2.45, 2.75) is 11.8 Å². The number of hydrogen-bond donors (Lipinski definition) is 0. The summed E-state index contributed by atoms with van der Waals surface area (Å²) in [7, 11) is -3.26. The number of sulfone groups is 1. The number of thiophene rings is 1. The van der Waals surface area contributed by atoms with Crippen LogP contribution in [0.1, 0.15) is 6.92 Å². The average molecular weight is 463 g/mol. The molecule has 148 valence electrons. The van der Waals surface area contributed by atoms with Gasteiger partial charge in [-0.15, -0.1) is 11.3 Å². The predicted octanol–water partition coefficient (Wildman–Crippen LogP) is 6.37. The fraction of sp³-hybridized carbons (Fsp3) is 0.0952.